The molecule has 2 heterocycles. The molecule has 1 saturated carbocycles. The second kappa shape index (κ2) is 10.1. The summed E-state index contributed by atoms with van der Waals surface area (Å²) in [7, 11) is 0. The number of carbonyl (C=O) groups excluding carboxylic acids is 2. The molecule has 3 unspecified atom stereocenters. The number of aromatic nitrogens is 2. The van der Waals surface area contributed by atoms with Gasteiger partial charge in [-0.15, -0.1) is 0 Å². The number of fused-ring (bicyclic) bond motifs is 1. The van der Waals surface area contributed by atoms with Crippen LogP contribution in [0.5, 0.6) is 5.75 Å². The summed E-state index contributed by atoms with van der Waals surface area (Å²) >= 11 is 0. The van der Waals surface area contributed by atoms with Gasteiger partial charge >= 0.3 is 0 Å². The zero-order valence-corrected chi connectivity index (χ0v) is 19.2. The lowest BCUT2D eigenvalue weighted by Gasteiger charge is -2.33. The lowest BCUT2D eigenvalue weighted by Crippen LogP contribution is -2.47. The molecule has 0 bridgehead atoms. The van der Waals surface area contributed by atoms with Crippen molar-refractivity contribution >= 4 is 17.5 Å². The molecule has 3 aromatic rings. The molecule has 1 aliphatic heterocycles. The first kappa shape index (κ1) is 22.2. The molecular weight excluding hydrogens is 428 g/mol. The maximum atomic E-state index is 13.5. The Morgan fingerprint density at radius 1 is 1.03 bits per heavy atom. The Morgan fingerprint density at radius 3 is 2.71 bits per heavy atom. The topological polar surface area (TPSA) is 76.5 Å². The van der Waals surface area contributed by atoms with Crippen molar-refractivity contribution in [2.75, 3.05) is 11.9 Å². The normalized spacial score (nSPS) is 21.6. The van der Waals surface area contributed by atoms with Crippen LogP contribution >= 0.6 is 0 Å². The fraction of sp³-hybridized carbons (Fsp3) is 0.370. The van der Waals surface area contributed by atoms with Gasteiger partial charge in [-0.3, -0.25) is 14.3 Å². The predicted molar refractivity (Wildman–Crippen MR) is 130 cm³/mol. The number of rotatable bonds is 7. The van der Waals surface area contributed by atoms with Gasteiger partial charge in [0.1, 0.15) is 18.4 Å². The maximum Gasteiger partial charge on any atom is 0.254 e. The smallest absolute Gasteiger partial charge is 0.254 e. The van der Waals surface area contributed by atoms with Gasteiger partial charge < -0.3 is 15.0 Å². The third kappa shape index (κ3) is 4.83. The quantitative estimate of drug-likeness (QED) is 0.570. The molecule has 3 atom stereocenters. The summed E-state index contributed by atoms with van der Waals surface area (Å²) in [4.78, 5) is 28.7. The van der Waals surface area contributed by atoms with E-state index in [1.54, 1.807) is 6.20 Å². The largest absolute Gasteiger partial charge is 0.492 e. The Hall–Kier alpha value is -3.61. The number of hydrogen-bond donors (Lipinski definition) is 1. The van der Waals surface area contributed by atoms with Gasteiger partial charge in [-0.05, 0) is 55.5 Å². The van der Waals surface area contributed by atoms with Crippen LogP contribution < -0.4 is 10.1 Å². The van der Waals surface area contributed by atoms with Crippen LogP contribution in [-0.4, -0.2) is 45.2 Å². The van der Waals surface area contributed by atoms with Crippen LogP contribution in [0.25, 0.3) is 0 Å². The molecular formula is C27H30N4O3. The van der Waals surface area contributed by atoms with E-state index in [0.29, 0.717) is 36.1 Å². The Balaban J connectivity index is 1.28. The highest BCUT2D eigenvalue weighted by Crippen LogP contribution is 2.41. The lowest BCUT2D eigenvalue weighted by atomic mass is 9.84. The summed E-state index contributed by atoms with van der Waals surface area (Å²) < 4.78 is 7.65. The van der Waals surface area contributed by atoms with E-state index in [0.717, 1.165) is 25.7 Å². The van der Waals surface area contributed by atoms with Crippen molar-refractivity contribution in [3.8, 4) is 5.75 Å². The first-order chi connectivity index (χ1) is 16.7. The number of likely N-dealkylation sites (tertiary alicyclic amines) is 1. The van der Waals surface area contributed by atoms with Crippen molar-refractivity contribution in [1.82, 2.24) is 14.7 Å². The van der Waals surface area contributed by atoms with Gasteiger partial charge in [-0.2, -0.15) is 5.10 Å². The minimum atomic E-state index is -0.467. The van der Waals surface area contributed by atoms with Crippen LogP contribution in [0.1, 0.15) is 42.5 Å². The number of amides is 2. The molecule has 7 heteroatoms. The summed E-state index contributed by atoms with van der Waals surface area (Å²) in [5, 5.41) is 7.21. The number of hydrogen-bond acceptors (Lipinski definition) is 4. The summed E-state index contributed by atoms with van der Waals surface area (Å²) in [5.41, 5.74) is 1.31. The first-order valence-corrected chi connectivity index (χ1v) is 12.1. The van der Waals surface area contributed by atoms with E-state index in [-0.39, 0.29) is 17.9 Å². The molecule has 1 N–H and O–H groups in total. The van der Waals surface area contributed by atoms with Crippen LogP contribution in [0.15, 0.2) is 73.1 Å². The fourth-order valence-electron chi connectivity index (χ4n) is 5.29. The van der Waals surface area contributed by atoms with Crippen LogP contribution in [0, 0.1) is 5.92 Å². The predicted octanol–water partition coefficient (Wildman–Crippen LogP) is 4.37. The number of nitrogens with zero attached hydrogens (tertiary/aromatic N) is 3. The number of nitrogens with one attached hydrogen (secondary N) is 1. The van der Waals surface area contributed by atoms with Crippen LogP contribution in [0.3, 0.4) is 0 Å². The molecule has 5 rings (SSSR count). The van der Waals surface area contributed by atoms with Gasteiger partial charge in [0.25, 0.3) is 5.91 Å². The maximum absolute atomic E-state index is 13.5. The summed E-state index contributed by atoms with van der Waals surface area (Å²) in [6.07, 6.45) is 8.66. The van der Waals surface area contributed by atoms with Crippen molar-refractivity contribution in [2.45, 2.75) is 50.7 Å². The van der Waals surface area contributed by atoms with Gasteiger partial charge in [0.15, 0.2) is 0 Å². The molecule has 2 amide bonds. The van der Waals surface area contributed by atoms with Crippen LogP contribution in [0.2, 0.25) is 0 Å². The van der Waals surface area contributed by atoms with Gasteiger partial charge in [0.2, 0.25) is 5.91 Å². The van der Waals surface area contributed by atoms with E-state index in [1.165, 1.54) is 6.42 Å². The highest BCUT2D eigenvalue weighted by Gasteiger charge is 2.47. The molecule has 1 saturated heterocycles. The minimum Gasteiger partial charge on any atom is -0.492 e. The number of carbonyl (C=O) groups is 2. The van der Waals surface area contributed by atoms with Crippen molar-refractivity contribution in [3.63, 3.8) is 0 Å². The van der Waals surface area contributed by atoms with E-state index < -0.39 is 6.04 Å². The SMILES string of the molecule is O=C(Nc1cccc(OCCn2cccn2)c1)C1CC2CCCCC2N1C(=O)c1ccccc1. The average molecular weight is 459 g/mol. The highest BCUT2D eigenvalue weighted by molar-refractivity contribution is 6.02. The van der Waals surface area contributed by atoms with E-state index in [4.69, 9.17) is 4.74 Å². The molecule has 2 fully saturated rings. The molecule has 2 aliphatic rings. The molecule has 2 aromatic carbocycles. The lowest BCUT2D eigenvalue weighted by molar-refractivity contribution is -0.120. The number of anilines is 1. The molecule has 176 valence electrons. The van der Waals surface area contributed by atoms with E-state index in [9.17, 15) is 9.59 Å². The zero-order chi connectivity index (χ0) is 23.3. The Bertz CT molecular complexity index is 1120. The highest BCUT2D eigenvalue weighted by atomic mass is 16.5. The van der Waals surface area contributed by atoms with Gasteiger partial charge in [-0.1, -0.05) is 37.1 Å². The Labute approximate surface area is 199 Å². The summed E-state index contributed by atoms with van der Waals surface area (Å²) in [6.45, 7) is 1.12. The summed E-state index contributed by atoms with van der Waals surface area (Å²) in [5.74, 6) is 0.884. The monoisotopic (exact) mass is 458 g/mol. The molecule has 7 nitrogen and oxygen atoms in total. The van der Waals surface area contributed by atoms with Crippen molar-refractivity contribution in [3.05, 3.63) is 78.6 Å². The second-order valence-electron chi connectivity index (χ2n) is 9.08. The third-order valence-electron chi connectivity index (χ3n) is 6.90. The Morgan fingerprint density at radius 2 is 1.88 bits per heavy atom. The van der Waals surface area contributed by atoms with E-state index >= 15 is 0 Å². The average Bonchev–Trinajstić information content (AvgIpc) is 3.52. The molecule has 0 radical (unpaired) electrons. The van der Waals surface area contributed by atoms with Crippen molar-refractivity contribution in [2.24, 2.45) is 5.92 Å². The van der Waals surface area contributed by atoms with Crippen LogP contribution in [-0.2, 0) is 11.3 Å². The molecule has 34 heavy (non-hydrogen) atoms. The third-order valence-corrected chi connectivity index (χ3v) is 6.90. The van der Waals surface area contributed by atoms with Gasteiger partial charge in [0.05, 0.1) is 6.54 Å². The number of ether oxygens (including phenoxy) is 1. The summed E-state index contributed by atoms with van der Waals surface area (Å²) in [6, 6.07) is 18.3. The van der Waals surface area contributed by atoms with E-state index in [2.05, 4.69) is 10.4 Å². The molecule has 1 aromatic heterocycles. The molecule has 0 spiro atoms. The minimum absolute atomic E-state index is 0.0501. The first-order valence-electron chi connectivity index (χ1n) is 12.1. The van der Waals surface area contributed by atoms with E-state index in [1.807, 2.05) is 76.4 Å². The Kier molecular flexibility index (Phi) is 6.60. The zero-order valence-electron chi connectivity index (χ0n) is 19.2. The standard InChI is InChI=1S/C27H30N4O3/c32-26(29-22-11-6-12-23(19-22)34-17-16-30-15-7-14-28-30)25-18-21-10-4-5-13-24(21)31(25)27(33)20-8-2-1-3-9-20/h1-3,6-9,11-12,14-15,19,21,24-25H,4-5,10,13,16-18H2,(H,29,32). The molecule has 1 aliphatic carbocycles. The second-order valence-corrected chi connectivity index (χ2v) is 9.08. The van der Waals surface area contributed by atoms with Gasteiger partial charge in [0, 0.05) is 35.8 Å². The fourth-order valence-corrected chi connectivity index (χ4v) is 5.29. The number of benzene rings is 2. The van der Waals surface area contributed by atoms with Crippen molar-refractivity contribution < 1.29 is 14.3 Å². The van der Waals surface area contributed by atoms with Gasteiger partial charge in [-0.25, -0.2) is 0 Å². The van der Waals surface area contributed by atoms with Crippen LogP contribution in [0.4, 0.5) is 5.69 Å². The van der Waals surface area contributed by atoms with Crippen molar-refractivity contribution in [1.29, 1.82) is 0 Å².